The second-order valence-electron chi connectivity index (χ2n) is 10.3. The minimum atomic E-state index is 0.810. The number of anilines is 6. The average Bonchev–Trinajstić information content (AvgIpc) is 3.05. The molecule has 6 nitrogen and oxygen atoms in total. The van der Waals surface area contributed by atoms with E-state index in [4.69, 9.17) is 14.5 Å². The Morgan fingerprint density at radius 2 is 0.976 bits per heavy atom. The summed E-state index contributed by atoms with van der Waals surface area (Å²) in [5.41, 5.74) is 6.85. The molecule has 0 unspecified atom stereocenters. The predicted octanol–water partition coefficient (Wildman–Crippen LogP) is 9.93. The molecule has 0 fully saturated rings. The molecule has 2 aliphatic heterocycles. The highest BCUT2D eigenvalue weighted by Crippen LogP contribution is 2.54. The van der Waals surface area contributed by atoms with Crippen LogP contribution in [0.25, 0.3) is 21.7 Å². The van der Waals surface area contributed by atoms with E-state index in [0.717, 1.165) is 78.8 Å². The minimum Gasteiger partial charge on any atom is -0.453 e. The number of ether oxygens (including phenoxy) is 2. The monoisotopic (exact) mass is 542 g/mol. The van der Waals surface area contributed by atoms with Crippen molar-refractivity contribution in [2.24, 2.45) is 0 Å². The Hall–Kier alpha value is -5.88. The van der Waals surface area contributed by atoms with Crippen molar-refractivity contribution in [3.05, 3.63) is 134 Å². The number of hydrogen-bond acceptors (Lipinski definition) is 6. The fraction of sp³-hybridized carbons (Fsp3) is 0. The Bertz CT molecular complexity index is 2100. The highest BCUT2D eigenvalue weighted by molar-refractivity contribution is 6.15. The Kier molecular flexibility index (Phi) is 4.80. The van der Waals surface area contributed by atoms with Gasteiger partial charge in [-0.1, -0.05) is 54.6 Å². The highest BCUT2D eigenvalue weighted by atomic mass is 16.5. The van der Waals surface area contributed by atoms with Crippen molar-refractivity contribution in [2.75, 3.05) is 9.80 Å². The Balaban J connectivity index is 1.33. The predicted molar refractivity (Wildman–Crippen MR) is 167 cm³/mol. The molecule has 6 heteroatoms. The van der Waals surface area contributed by atoms with Gasteiger partial charge in [0.2, 0.25) is 0 Å². The van der Waals surface area contributed by atoms with Crippen molar-refractivity contribution in [3.63, 3.8) is 0 Å². The largest absolute Gasteiger partial charge is 0.453 e. The third kappa shape index (κ3) is 3.32. The van der Waals surface area contributed by atoms with Crippen LogP contribution in [-0.2, 0) is 0 Å². The third-order valence-electron chi connectivity index (χ3n) is 7.95. The number of para-hydroxylation sites is 8. The van der Waals surface area contributed by atoms with Crippen LogP contribution in [0, 0.1) is 0 Å². The van der Waals surface area contributed by atoms with Crippen LogP contribution in [0.3, 0.4) is 0 Å². The smallest absolute Gasteiger partial charge is 0.151 e. The number of nitrogens with zero attached hydrogens (tertiary/aromatic N) is 4. The van der Waals surface area contributed by atoms with E-state index in [2.05, 4.69) is 63.3 Å². The van der Waals surface area contributed by atoms with Crippen LogP contribution >= 0.6 is 0 Å². The molecule has 2 aliphatic rings. The molecular formula is C36H22N4O2. The van der Waals surface area contributed by atoms with Gasteiger partial charge in [-0.05, 0) is 72.1 Å². The molecule has 0 aliphatic carbocycles. The van der Waals surface area contributed by atoms with Crippen molar-refractivity contribution in [2.45, 2.75) is 0 Å². The Morgan fingerprint density at radius 1 is 0.452 bits per heavy atom. The average molecular weight is 543 g/mol. The highest BCUT2D eigenvalue weighted by Gasteiger charge is 2.29. The SMILES string of the molecule is c1ccc2c(c1)Oc1ccccc1N2c1ccc2c(N3c4ccccc4Oc4ccccc43)cc3ncncc3c2c1. The first-order chi connectivity index (χ1) is 20.8. The van der Waals surface area contributed by atoms with Gasteiger partial charge in [0.15, 0.2) is 23.0 Å². The van der Waals surface area contributed by atoms with E-state index in [1.807, 2.05) is 79.0 Å². The topological polar surface area (TPSA) is 50.7 Å². The molecule has 0 spiro atoms. The fourth-order valence-electron chi connectivity index (χ4n) is 6.12. The molecule has 7 aromatic rings. The summed E-state index contributed by atoms with van der Waals surface area (Å²) < 4.78 is 12.6. The molecule has 0 atom stereocenters. The number of benzene rings is 6. The van der Waals surface area contributed by atoms with Crippen LogP contribution in [0.15, 0.2) is 134 Å². The zero-order valence-electron chi connectivity index (χ0n) is 22.3. The lowest BCUT2D eigenvalue weighted by Gasteiger charge is -2.34. The molecule has 1 aromatic heterocycles. The summed E-state index contributed by atoms with van der Waals surface area (Å²) in [6, 6.07) is 41.3. The molecular weight excluding hydrogens is 520 g/mol. The van der Waals surface area contributed by atoms with Crippen LogP contribution in [-0.4, -0.2) is 9.97 Å². The lowest BCUT2D eigenvalue weighted by atomic mass is 10.00. The van der Waals surface area contributed by atoms with Crippen molar-refractivity contribution >= 4 is 55.8 Å². The lowest BCUT2D eigenvalue weighted by Crippen LogP contribution is -2.17. The lowest BCUT2D eigenvalue weighted by molar-refractivity contribution is 0.477. The van der Waals surface area contributed by atoms with E-state index in [9.17, 15) is 0 Å². The van der Waals surface area contributed by atoms with Gasteiger partial charge in [0.1, 0.15) is 6.33 Å². The molecule has 42 heavy (non-hydrogen) atoms. The standard InChI is InChI=1S/C36H22N4O2/c1-5-13-33-28(9-1)39(29-10-2-6-14-34(29)41-33)23-17-18-24-25(19-23)26-21-37-22-38-27(26)20-32(24)40-30-11-3-7-15-35(30)42-36-16-8-4-12-31(36)40/h1-22H. The summed E-state index contributed by atoms with van der Waals surface area (Å²) in [6.45, 7) is 0. The van der Waals surface area contributed by atoms with Crippen molar-refractivity contribution < 1.29 is 9.47 Å². The van der Waals surface area contributed by atoms with Crippen LogP contribution in [0.5, 0.6) is 23.0 Å². The van der Waals surface area contributed by atoms with Gasteiger partial charge in [-0.25, -0.2) is 9.97 Å². The first kappa shape index (κ1) is 22.9. The van der Waals surface area contributed by atoms with Gasteiger partial charge in [-0.2, -0.15) is 0 Å². The number of fused-ring (bicyclic) bond motifs is 7. The quantitative estimate of drug-likeness (QED) is 0.203. The molecule has 0 amide bonds. The van der Waals surface area contributed by atoms with E-state index >= 15 is 0 Å². The third-order valence-corrected chi connectivity index (χ3v) is 7.95. The van der Waals surface area contributed by atoms with Crippen LogP contribution in [0.2, 0.25) is 0 Å². The molecule has 6 aromatic carbocycles. The summed E-state index contributed by atoms with van der Waals surface area (Å²) in [5.74, 6) is 3.26. The molecule has 198 valence electrons. The van der Waals surface area contributed by atoms with Crippen LogP contribution in [0.4, 0.5) is 34.1 Å². The molecule has 9 rings (SSSR count). The van der Waals surface area contributed by atoms with Gasteiger partial charge in [-0.15, -0.1) is 0 Å². The van der Waals surface area contributed by atoms with E-state index in [-0.39, 0.29) is 0 Å². The Labute approximate surface area is 241 Å². The second kappa shape index (κ2) is 8.81. The van der Waals surface area contributed by atoms with Crippen LogP contribution < -0.4 is 19.3 Å². The maximum absolute atomic E-state index is 6.31. The Morgan fingerprint density at radius 3 is 1.55 bits per heavy atom. The summed E-state index contributed by atoms with van der Waals surface area (Å²) in [6.07, 6.45) is 3.51. The maximum Gasteiger partial charge on any atom is 0.151 e. The zero-order valence-corrected chi connectivity index (χ0v) is 22.3. The molecule has 3 heterocycles. The first-order valence-electron chi connectivity index (χ1n) is 13.8. The zero-order chi connectivity index (χ0) is 27.6. The number of hydrogen-bond donors (Lipinski definition) is 0. The van der Waals surface area contributed by atoms with Crippen molar-refractivity contribution in [3.8, 4) is 23.0 Å². The maximum atomic E-state index is 6.31. The van der Waals surface area contributed by atoms with Gasteiger partial charge in [-0.3, -0.25) is 0 Å². The summed E-state index contributed by atoms with van der Waals surface area (Å²) in [7, 11) is 0. The summed E-state index contributed by atoms with van der Waals surface area (Å²) in [5, 5.41) is 3.13. The number of aromatic nitrogens is 2. The van der Waals surface area contributed by atoms with E-state index in [0.29, 0.717) is 0 Å². The summed E-state index contributed by atoms with van der Waals surface area (Å²) >= 11 is 0. The fourth-order valence-corrected chi connectivity index (χ4v) is 6.12. The molecule has 0 saturated carbocycles. The van der Waals surface area contributed by atoms with Gasteiger partial charge in [0, 0.05) is 22.7 Å². The number of rotatable bonds is 2. The van der Waals surface area contributed by atoms with E-state index in [1.165, 1.54) is 0 Å². The van der Waals surface area contributed by atoms with Gasteiger partial charge in [0.05, 0.1) is 34.0 Å². The van der Waals surface area contributed by atoms with E-state index in [1.54, 1.807) is 6.33 Å². The molecule has 0 bridgehead atoms. The van der Waals surface area contributed by atoms with Gasteiger partial charge in [0.25, 0.3) is 0 Å². The molecule has 0 radical (unpaired) electrons. The van der Waals surface area contributed by atoms with Crippen molar-refractivity contribution in [1.82, 2.24) is 9.97 Å². The summed E-state index contributed by atoms with van der Waals surface area (Å²) in [4.78, 5) is 13.7. The molecule has 0 saturated heterocycles. The molecule has 0 N–H and O–H groups in total. The van der Waals surface area contributed by atoms with Crippen molar-refractivity contribution in [1.29, 1.82) is 0 Å². The second-order valence-corrected chi connectivity index (χ2v) is 10.3. The normalized spacial score (nSPS) is 13.0. The minimum absolute atomic E-state index is 0.810. The first-order valence-corrected chi connectivity index (χ1v) is 13.8. The van der Waals surface area contributed by atoms with Gasteiger partial charge < -0.3 is 19.3 Å². The van der Waals surface area contributed by atoms with Crippen LogP contribution in [0.1, 0.15) is 0 Å². The van der Waals surface area contributed by atoms with Gasteiger partial charge >= 0.3 is 0 Å². The van der Waals surface area contributed by atoms with E-state index < -0.39 is 0 Å².